The van der Waals surface area contributed by atoms with Crippen LogP contribution in [-0.4, -0.2) is 26.0 Å². The van der Waals surface area contributed by atoms with E-state index in [1.54, 1.807) is 19.2 Å². The fourth-order valence-corrected chi connectivity index (χ4v) is 3.27. The van der Waals surface area contributed by atoms with E-state index in [9.17, 15) is 4.79 Å². The first-order chi connectivity index (χ1) is 8.87. The summed E-state index contributed by atoms with van der Waals surface area (Å²) in [5.74, 6) is 0.0395. The standard InChI is InChI=1S/C13H17Cl2N3O/c1-13(12(19)17-2)3-4-18(7-13)11-9(14)5-8(16)6-10(11)15/h5-6H,3-4,7,16H2,1-2H3,(H,17,19). The van der Waals surface area contributed by atoms with Crippen LogP contribution in [-0.2, 0) is 4.79 Å². The largest absolute Gasteiger partial charge is 0.399 e. The molecule has 3 N–H and O–H groups in total. The van der Waals surface area contributed by atoms with Gasteiger partial charge in [0, 0.05) is 25.8 Å². The number of carbonyl (C=O) groups excluding carboxylic acids is 1. The molecule has 0 bridgehead atoms. The molecule has 1 aliphatic heterocycles. The molecule has 19 heavy (non-hydrogen) atoms. The Hall–Kier alpha value is -1.13. The average Bonchev–Trinajstić information content (AvgIpc) is 2.70. The fraction of sp³-hybridized carbons (Fsp3) is 0.462. The van der Waals surface area contributed by atoms with Crippen LogP contribution in [0.5, 0.6) is 0 Å². The predicted molar refractivity (Wildman–Crippen MR) is 79.9 cm³/mol. The lowest BCUT2D eigenvalue weighted by atomic mass is 9.89. The molecule has 1 aromatic rings. The second kappa shape index (κ2) is 5.10. The minimum Gasteiger partial charge on any atom is -0.399 e. The topological polar surface area (TPSA) is 58.4 Å². The second-order valence-corrected chi connectivity index (χ2v) is 5.96. The first-order valence-electron chi connectivity index (χ1n) is 6.09. The highest BCUT2D eigenvalue weighted by atomic mass is 35.5. The molecule has 1 fully saturated rings. The summed E-state index contributed by atoms with van der Waals surface area (Å²) < 4.78 is 0. The fourth-order valence-electron chi connectivity index (χ4n) is 2.53. The van der Waals surface area contributed by atoms with Gasteiger partial charge in [0.15, 0.2) is 0 Å². The monoisotopic (exact) mass is 301 g/mol. The quantitative estimate of drug-likeness (QED) is 0.825. The summed E-state index contributed by atoms with van der Waals surface area (Å²) in [7, 11) is 1.65. The van der Waals surface area contributed by atoms with Crippen LogP contribution in [0.25, 0.3) is 0 Å². The molecule has 1 aliphatic rings. The number of halogens is 2. The molecule has 0 saturated carbocycles. The number of nitrogens with zero attached hydrogens (tertiary/aromatic N) is 1. The van der Waals surface area contributed by atoms with Gasteiger partial charge in [-0.3, -0.25) is 4.79 Å². The number of nitrogens with two attached hydrogens (primary N) is 1. The van der Waals surface area contributed by atoms with Crippen molar-refractivity contribution in [1.82, 2.24) is 5.32 Å². The van der Waals surface area contributed by atoms with E-state index >= 15 is 0 Å². The summed E-state index contributed by atoms with van der Waals surface area (Å²) in [5, 5.41) is 3.75. The average molecular weight is 302 g/mol. The number of hydrogen-bond donors (Lipinski definition) is 2. The maximum atomic E-state index is 11.9. The van der Waals surface area contributed by atoms with Gasteiger partial charge in [-0.1, -0.05) is 23.2 Å². The number of amides is 1. The van der Waals surface area contributed by atoms with Gasteiger partial charge in [-0.05, 0) is 25.5 Å². The smallest absolute Gasteiger partial charge is 0.227 e. The molecule has 104 valence electrons. The maximum Gasteiger partial charge on any atom is 0.227 e. The van der Waals surface area contributed by atoms with Gasteiger partial charge in [0.05, 0.1) is 21.1 Å². The molecule has 1 heterocycles. The van der Waals surface area contributed by atoms with E-state index in [-0.39, 0.29) is 5.91 Å². The summed E-state index contributed by atoms with van der Waals surface area (Å²) in [6.45, 7) is 3.29. The van der Waals surface area contributed by atoms with Gasteiger partial charge in [-0.25, -0.2) is 0 Å². The molecule has 1 unspecified atom stereocenters. The van der Waals surface area contributed by atoms with E-state index in [1.165, 1.54) is 0 Å². The Morgan fingerprint density at radius 1 is 1.42 bits per heavy atom. The molecule has 1 atom stereocenters. The zero-order valence-electron chi connectivity index (χ0n) is 11.0. The lowest BCUT2D eigenvalue weighted by molar-refractivity contribution is -0.128. The van der Waals surface area contributed by atoms with Gasteiger partial charge in [-0.2, -0.15) is 0 Å². The number of nitrogens with one attached hydrogen (secondary N) is 1. The summed E-state index contributed by atoms with van der Waals surface area (Å²) in [6.07, 6.45) is 0.768. The number of benzene rings is 1. The Kier molecular flexibility index (Phi) is 3.83. The van der Waals surface area contributed by atoms with Crippen molar-refractivity contribution in [2.24, 2.45) is 5.41 Å². The van der Waals surface area contributed by atoms with Crippen molar-refractivity contribution in [3.05, 3.63) is 22.2 Å². The molecule has 6 heteroatoms. The Morgan fingerprint density at radius 2 is 2.00 bits per heavy atom. The molecule has 0 spiro atoms. The van der Waals surface area contributed by atoms with Crippen molar-refractivity contribution >= 4 is 40.5 Å². The van der Waals surface area contributed by atoms with Crippen LogP contribution in [0.2, 0.25) is 10.0 Å². The zero-order valence-corrected chi connectivity index (χ0v) is 12.5. The highest BCUT2D eigenvalue weighted by molar-refractivity contribution is 6.39. The minimum absolute atomic E-state index is 0.0395. The highest BCUT2D eigenvalue weighted by Crippen LogP contribution is 2.41. The molecule has 2 rings (SSSR count). The summed E-state index contributed by atoms with van der Waals surface area (Å²) in [5.41, 5.74) is 6.57. The van der Waals surface area contributed by atoms with Crippen molar-refractivity contribution in [1.29, 1.82) is 0 Å². The van der Waals surface area contributed by atoms with Gasteiger partial charge in [0.1, 0.15) is 0 Å². The van der Waals surface area contributed by atoms with Gasteiger partial charge in [-0.15, -0.1) is 0 Å². The molecule has 0 aromatic heterocycles. The van der Waals surface area contributed by atoms with Crippen molar-refractivity contribution in [3.8, 4) is 0 Å². The van der Waals surface area contributed by atoms with Crippen molar-refractivity contribution in [2.45, 2.75) is 13.3 Å². The maximum absolute atomic E-state index is 11.9. The first-order valence-corrected chi connectivity index (χ1v) is 6.84. The molecule has 1 aromatic carbocycles. The molecule has 1 saturated heterocycles. The number of hydrogen-bond acceptors (Lipinski definition) is 3. The molecular weight excluding hydrogens is 285 g/mol. The number of nitrogen functional groups attached to an aromatic ring is 1. The van der Waals surface area contributed by atoms with Crippen LogP contribution < -0.4 is 16.0 Å². The van der Waals surface area contributed by atoms with Crippen molar-refractivity contribution in [2.75, 3.05) is 30.8 Å². The second-order valence-electron chi connectivity index (χ2n) is 5.14. The third kappa shape index (κ3) is 2.60. The van der Waals surface area contributed by atoms with E-state index in [0.717, 1.165) is 18.7 Å². The molecule has 0 radical (unpaired) electrons. The first kappa shape index (κ1) is 14.3. The number of rotatable bonds is 2. The SMILES string of the molecule is CNC(=O)C1(C)CCN(c2c(Cl)cc(N)cc2Cl)C1. The van der Waals surface area contributed by atoms with Gasteiger partial charge in [0.2, 0.25) is 5.91 Å². The highest BCUT2D eigenvalue weighted by Gasteiger charge is 2.40. The van der Waals surface area contributed by atoms with Crippen LogP contribution in [0.4, 0.5) is 11.4 Å². The van der Waals surface area contributed by atoms with Gasteiger partial charge < -0.3 is 16.0 Å². The van der Waals surface area contributed by atoms with E-state index < -0.39 is 5.41 Å². The third-order valence-corrected chi connectivity index (χ3v) is 4.18. The van der Waals surface area contributed by atoms with Crippen LogP contribution in [0.15, 0.2) is 12.1 Å². The normalized spacial score (nSPS) is 22.6. The van der Waals surface area contributed by atoms with E-state index in [1.807, 2.05) is 11.8 Å². The molecule has 1 amide bonds. The third-order valence-electron chi connectivity index (χ3n) is 3.60. The summed E-state index contributed by atoms with van der Waals surface area (Å²) in [6, 6.07) is 3.36. The van der Waals surface area contributed by atoms with E-state index in [0.29, 0.717) is 22.3 Å². The lowest BCUT2D eigenvalue weighted by Gasteiger charge is -2.25. The lowest BCUT2D eigenvalue weighted by Crippen LogP contribution is -2.39. The van der Waals surface area contributed by atoms with Crippen LogP contribution >= 0.6 is 23.2 Å². The zero-order chi connectivity index (χ0) is 14.2. The minimum atomic E-state index is -0.414. The van der Waals surface area contributed by atoms with Gasteiger partial charge >= 0.3 is 0 Å². The van der Waals surface area contributed by atoms with E-state index in [4.69, 9.17) is 28.9 Å². The summed E-state index contributed by atoms with van der Waals surface area (Å²) >= 11 is 12.4. The Morgan fingerprint density at radius 3 is 2.53 bits per heavy atom. The number of carbonyl (C=O) groups is 1. The Bertz CT molecular complexity index is 498. The Balaban J connectivity index is 2.29. The van der Waals surface area contributed by atoms with Gasteiger partial charge in [0.25, 0.3) is 0 Å². The molecular formula is C13H17Cl2N3O. The number of anilines is 2. The summed E-state index contributed by atoms with van der Waals surface area (Å²) in [4.78, 5) is 14.0. The predicted octanol–water partition coefficient (Wildman–Crippen LogP) is 2.54. The van der Waals surface area contributed by atoms with Crippen LogP contribution in [0.3, 0.4) is 0 Å². The Labute approximate surface area is 122 Å². The van der Waals surface area contributed by atoms with Crippen molar-refractivity contribution < 1.29 is 4.79 Å². The van der Waals surface area contributed by atoms with Crippen LogP contribution in [0, 0.1) is 5.41 Å². The molecule has 4 nitrogen and oxygen atoms in total. The van der Waals surface area contributed by atoms with Crippen molar-refractivity contribution in [3.63, 3.8) is 0 Å². The molecule has 0 aliphatic carbocycles. The van der Waals surface area contributed by atoms with E-state index in [2.05, 4.69) is 5.32 Å². The van der Waals surface area contributed by atoms with Crippen LogP contribution in [0.1, 0.15) is 13.3 Å².